The van der Waals surface area contributed by atoms with Crippen LogP contribution in [0.15, 0.2) is 60.7 Å². The highest BCUT2D eigenvalue weighted by atomic mass is 16.3. The smallest absolute Gasteiger partial charge is 0.243 e. The molecular formula is C27H36N2O3. The number of carbonyl (C=O) groups is 2. The van der Waals surface area contributed by atoms with Crippen LogP contribution in [0.4, 0.5) is 0 Å². The van der Waals surface area contributed by atoms with Crippen molar-refractivity contribution in [3.05, 3.63) is 71.8 Å². The molecule has 1 fully saturated rings. The predicted octanol–water partition coefficient (Wildman–Crippen LogP) is 3.89. The summed E-state index contributed by atoms with van der Waals surface area (Å²) in [6, 6.07) is 20.3. The summed E-state index contributed by atoms with van der Waals surface area (Å²) in [6.45, 7) is 2.04. The second-order valence-electron chi connectivity index (χ2n) is 8.77. The number of β-amino-alcohol motifs (C(OH)–C–C–N with tert-alkyl or cyclic N) is 1. The molecule has 0 saturated carbocycles. The van der Waals surface area contributed by atoms with E-state index < -0.39 is 12.1 Å². The Hall–Kier alpha value is -2.66. The third-order valence-electron chi connectivity index (χ3n) is 6.27. The van der Waals surface area contributed by atoms with Gasteiger partial charge in [0.2, 0.25) is 11.8 Å². The zero-order valence-electron chi connectivity index (χ0n) is 19.1. The summed E-state index contributed by atoms with van der Waals surface area (Å²) >= 11 is 0. The molecule has 172 valence electrons. The van der Waals surface area contributed by atoms with Gasteiger partial charge < -0.3 is 15.3 Å². The van der Waals surface area contributed by atoms with Crippen molar-refractivity contribution in [2.24, 2.45) is 0 Å². The summed E-state index contributed by atoms with van der Waals surface area (Å²) in [4.78, 5) is 26.9. The number of nitrogens with one attached hydrogen (secondary N) is 1. The van der Waals surface area contributed by atoms with Gasteiger partial charge in [0, 0.05) is 25.4 Å². The fourth-order valence-electron chi connectivity index (χ4n) is 4.52. The number of aryl methyl sites for hydroxylation is 2. The first-order valence-corrected chi connectivity index (χ1v) is 11.9. The van der Waals surface area contributed by atoms with E-state index in [0.29, 0.717) is 12.8 Å². The van der Waals surface area contributed by atoms with Gasteiger partial charge in [0.1, 0.15) is 6.04 Å². The van der Waals surface area contributed by atoms with Crippen LogP contribution < -0.4 is 5.32 Å². The van der Waals surface area contributed by atoms with Crippen LogP contribution >= 0.6 is 0 Å². The van der Waals surface area contributed by atoms with Crippen molar-refractivity contribution in [1.82, 2.24) is 10.2 Å². The number of benzene rings is 2. The van der Waals surface area contributed by atoms with Crippen molar-refractivity contribution in [2.45, 2.75) is 76.5 Å². The molecule has 2 atom stereocenters. The summed E-state index contributed by atoms with van der Waals surface area (Å²) in [6.07, 6.45) is 5.76. The maximum absolute atomic E-state index is 13.1. The predicted molar refractivity (Wildman–Crippen MR) is 127 cm³/mol. The quantitative estimate of drug-likeness (QED) is 0.561. The van der Waals surface area contributed by atoms with Gasteiger partial charge in [-0.05, 0) is 49.7 Å². The second-order valence-corrected chi connectivity index (χ2v) is 8.77. The van der Waals surface area contributed by atoms with E-state index in [9.17, 15) is 14.7 Å². The standard InChI is InChI=1S/C27H36N2O3/c1-2-26(31)29-20-24(30)19-25(29)27(32)28-23(17-9-15-21-11-5-3-6-12-21)18-10-16-22-13-7-4-8-14-22/h3-8,11-14,23-25,30H,2,9-10,15-20H2,1H3,(H,28,32)/t24?,25-/m0/s1. The lowest BCUT2D eigenvalue weighted by Gasteiger charge is -2.26. The molecule has 1 unspecified atom stereocenters. The van der Waals surface area contributed by atoms with Crippen LogP contribution in [0.2, 0.25) is 0 Å². The Morgan fingerprint density at radius 1 is 0.969 bits per heavy atom. The van der Waals surface area contributed by atoms with Gasteiger partial charge in [-0.2, -0.15) is 0 Å². The summed E-state index contributed by atoms with van der Waals surface area (Å²) in [7, 11) is 0. The van der Waals surface area contributed by atoms with Crippen molar-refractivity contribution in [3.8, 4) is 0 Å². The number of nitrogens with zero attached hydrogens (tertiary/aromatic N) is 1. The van der Waals surface area contributed by atoms with Crippen molar-refractivity contribution >= 4 is 11.8 Å². The third-order valence-corrected chi connectivity index (χ3v) is 6.27. The summed E-state index contributed by atoms with van der Waals surface area (Å²) in [5.74, 6) is -0.209. The lowest BCUT2D eigenvalue weighted by atomic mass is 9.98. The van der Waals surface area contributed by atoms with Crippen LogP contribution in [0.25, 0.3) is 0 Å². The van der Waals surface area contributed by atoms with Gasteiger partial charge in [-0.1, -0.05) is 67.6 Å². The number of hydrogen-bond donors (Lipinski definition) is 2. The average molecular weight is 437 g/mol. The van der Waals surface area contributed by atoms with Crippen molar-refractivity contribution in [2.75, 3.05) is 6.54 Å². The molecule has 5 nitrogen and oxygen atoms in total. The Labute approximate surface area is 191 Å². The van der Waals surface area contributed by atoms with E-state index in [0.717, 1.165) is 38.5 Å². The van der Waals surface area contributed by atoms with Crippen LogP contribution in [0, 0.1) is 0 Å². The van der Waals surface area contributed by atoms with Crippen molar-refractivity contribution < 1.29 is 14.7 Å². The molecule has 0 radical (unpaired) electrons. The highest BCUT2D eigenvalue weighted by molar-refractivity contribution is 5.88. The molecule has 5 heteroatoms. The zero-order chi connectivity index (χ0) is 22.8. The fraction of sp³-hybridized carbons (Fsp3) is 0.481. The molecular weight excluding hydrogens is 400 g/mol. The van der Waals surface area contributed by atoms with Crippen LogP contribution in [0.1, 0.15) is 56.6 Å². The molecule has 0 spiro atoms. The molecule has 0 aliphatic carbocycles. The number of aliphatic hydroxyl groups is 1. The maximum Gasteiger partial charge on any atom is 0.243 e. The minimum Gasteiger partial charge on any atom is -0.391 e. The molecule has 2 N–H and O–H groups in total. The van der Waals surface area contributed by atoms with Gasteiger partial charge >= 0.3 is 0 Å². The first-order valence-electron chi connectivity index (χ1n) is 11.9. The Balaban J connectivity index is 1.58. The molecule has 0 bridgehead atoms. The molecule has 1 aliphatic rings. The van der Waals surface area contributed by atoms with Crippen molar-refractivity contribution in [1.29, 1.82) is 0 Å². The van der Waals surface area contributed by atoms with Crippen LogP contribution in [-0.2, 0) is 22.4 Å². The topological polar surface area (TPSA) is 69.6 Å². The Morgan fingerprint density at radius 3 is 2.00 bits per heavy atom. The zero-order valence-corrected chi connectivity index (χ0v) is 19.1. The molecule has 2 aromatic rings. The Morgan fingerprint density at radius 2 is 1.50 bits per heavy atom. The summed E-state index contributed by atoms with van der Waals surface area (Å²) in [5.41, 5.74) is 2.61. The van der Waals surface area contributed by atoms with Gasteiger partial charge in [0.15, 0.2) is 0 Å². The van der Waals surface area contributed by atoms with E-state index in [-0.39, 0.29) is 24.4 Å². The van der Waals surface area contributed by atoms with Gasteiger partial charge in [0.05, 0.1) is 6.10 Å². The van der Waals surface area contributed by atoms with Crippen LogP contribution in [-0.4, -0.2) is 46.6 Å². The number of amides is 2. The molecule has 1 aliphatic heterocycles. The molecule has 1 heterocycles. The van der Waals surface area contributed by atoms with Gasteiger partial charge in [0.25, 0.3) is 0 Å². The van der Waals surface area contributed by atoms with E-state index in [1.807, 2.05) is 12.1 Å². The average Bonchev–Trinajstić information content (AvgIpc) is 3.21. The van der Waals surface area contributed by atoms with Crippen molar-refractivity contribution in [3.63, 3.8) is 0 Å². The van der Waals surface area contributed by atoms with E-state index in [4.69, 9.17) is 0 Å². The Kier molecular flexibility index (Phi) is 9.29. The lowest BCUT2D eigenvalue weighted by molar-refractivity contribution is -0.138. The molecule has 3 rings (SSSR count). The van der Waals surface area contributed by atoms with E-state index in [2.05, 4.69) is 53.8 Å². The van der Waals surface area contributed by atoms with Crippen LogP contribution in [0.3, 0.4) is 0 Å². The highest BCUT2D eigenvalue weighted by Gasteiger charge is 2.38. The number of rotatable bonds is 11. The van der Waals surface area contributed by atoms with Gasteiger partial charge in [-0.25, -0.2) is 0 Å². The number of hydrogen-bond acceptors (Lipinski definition) is 3. The molecule has 32 heavy (non-hydrogen) atoms. The first-order chi connectivity index (χ1) is 15.6. The van der Waals surface area contributed by atoms with E-state index in [1.165, 1.54) is 11.1 Å². The largest absolute Gasteiger partial charge is 0.391 e. The minimum absolute atomic E-state index is 0.0613. The molecule has 2 aromatic carbocycles. The summed E-state index contributed by atoms with van der Waals surface area (Å²) in [5, 5.41) is 13.3. The number of carbonyl (C=O) groups excluding carboxylic acids is 2. The molecule has 2 amide bonds. The highest BCUT2D eigenvalue weighted by Crippen LogP contribution is 2.20. The normalized spacial score (nSPS) is 18.2. The number of likely N-dealkylation sites (tertiary alicyclic amines) is 1. The molecule has 0 aromatic heterocycles. The monoisotopic (exact) mass is 436 g/mol. The van der Waals surface area contributed by atoms with Gasteiger partial charge in [-0.15, -0.1) is 0 Å². The number of aliphatic hydroxyl groups excluding tert-OH is 1. The molecule has 1 saturated heterocycles. The van der Waals surface area contributed by atoms with Gasteiger partial charge in [-0.3, -0.25) is 9.59 Å². The third kappa shape index (κ3) is 7.20. The Bertz CT molecular complexity index is 795. The fourth-order valence-corrected chi connectivity index (χ4v) is 4.52. The van der Waals surface area contributed by atoms with E-state index in [1.54, 1.807) is 11.8 Å². The maximum atomic E-state index is 13.1. The summed E-state index contributed by atoms with van der Waals surface area (Å²) < 4.78 is 0. The van der Waals surface area contributed by atoms with Crippen LogP contribution in [0.5, 0.6) is 0 Å². The van der Waals surface area contributed by atoms with E-state index >= 15 is 0 Å². The first kappa shape index (κ1) is 24.0. The SMILES string of the molecule is CCC(=O)N1CC(O)C[C@H]1C(=O)NC(CCCc1ccccc1)CCCc1ccccc1. The second kappa shape index (κ2) is 12.4. The lowest BCUT2D eigenvalue weighted by Crippen LogP contribution is -2.48. The minimum atomic E-state index is -0.629.